The second-order valence-electron chi connectivity index (χ2n) is 6.85. The number of benzene rings is 2. The molecule has 0 spiro atoms. The smallest absolute Gasteiger partial charge is 0.257 e. The zero-order valence-corrected chi connectivity index (χ0v) is 18.2. The molecule has 3 rings (SSSR count). The number of aromatic nitrogens is 1. The molecule has 166 valence electrons. The molecular formula is C24H25N3O5. The number of ether oxygens (including phenoxy) is 3. The topological polar surface area (TPSA) is 98.8 Å². The molecule has 0 aliphatic carbocycles. The van der Waals surface area contributed by atoms with Gasteiger partial charge in [0.15, 0.2) is 11.5 Å². The van der Waals surface area contributed by atoms with Crippen molar-refractivity contribution in [1.29, 1.82) is 0 Å². The van der Waals surface area contributed by atoms with Crippen LogP contribution in [0, 0.1) is 0 Å². The second kappa shape index (κ2) is 10.8. The summed E-state index contributed by atoms with van der Waals surface area (Å²) in [6.07, 6.45) is 3.91. The molecule has 0 saturated heterocycles. The third-order valence-corrected chi connectivity index (χ3v) is 4.75. The van der Waals surface area contributed by atoms with E-state index in [1.165, 1.54) is 13.3 Å². The van der Waals surface area contributed by atoms with Gasteiger partial charge in [-0.1, -0.05) is 6.07 Å². The van der Waals surface area contributed by atoms with Crippen LogP contribution in [0.1, 0.15) is 22.3 Å². The Hall–Kier alpha value is -4.07. The summed E-state index contributed by atoms with van der Waals surface area (Å²) in [6, 6.07) is 14.0. The average Bonchev–Trinajstić information content (AvgIpc) is 2.83. The van der Waals surface area contributed by atoms with Crippen molar-refractivity contribution in [2.24, 2.45) is 0 Å². The van der Waals surface area contributed by atoms with E-state index in [2.05, 4.69) is 15.6 Å². The number of hydrogen-bond donors (Lipinski definition) is 2. The first-order chi connectivity index (χ1) is 15.5. The summed E-state index contributed by atoms with van der Waals surface area (Å²) in [5, 5.41) is 5.64. The summed E-state index contributed by atoms with van der Waals surface area (Å²) in [7, 11) is 4.65. The van der Waals surface area contributed by atoms with Gasteiger partial charge in [0.2, 0.25) is 5.91 Å². The van der Waals surface area contributed by atoms with Crippen LogP contribution in [0.5, 0.6) is 17.2 Å². The zero-order chi connectivity index (χ0) is 22.9. The normalized spacial score (nSPS) is 10.2. The van der Waals surface area contributed by atoms with Crippen LogP contribution in [0.3, 0.4) is 0 Å². The van der Waals surface area contributed by atoms with E-state index in [0.29, 0.717) is 40.6 Å². The van der Waals surface area contributed by atoms with Crippen molar-refractivity contribution in [2.45, 2.75) is 12.8 Å². The van der Waals surface area contributed by atoms with Crippen molar-refractivity contribution < 1.29 is 23.8 Å². The van der Waals surface area contributed by atoms with Crippen LogP contribution >= 0.6 is 0 Å². The van der Waals surface area contributed by atoms with Crippen molar-refractivity contribution in [3.63, 3.8) is 0 Å². The summed E-state index contributed by atoms with van der Waals surface area (Å²) in [5.74, 6) is 1.25. The number of methoxy groups -OCH3 is 3. The first kappa shape index (κ1) is 22.6. The van der Waals surface area contributed by atoms with Gasteiger partial charge in [-0.05, 0) is 48.4 Å². The number of anilines is 2. The van der Waals surface area contributed by atoms with Gasteiger partial charge in [-0.3, -0.25) is 14.6 Å². The van der Waals surface area contributed by atoms with Crippen LogP contribution in [0.25, 0.3) is 0 Å². The number of nitrogens with one attached hydrogen (secondary N) is 2. The Balaban J connectivity index is 1.61. The minimum absolute atomic E-state index is 0.144. The Morgan fingerprint density at radius 3 is 2.34 bits per heavy atom. The lowest BCUT2D eigenvalue weighted by atomic mass is 10.1. The van der Waals surface area contributed by atoms with Crippen LogP contribution in [-0.2, 0) is 11.2 Å². The fraction of sp³-hybridized carbons (Fsp3) is 0.208. The van der Waals surface area contributed by atoms with Crippen molar-refractivity contribution in [1.82, 2.24) is 4.98 Å². The molecule has 0 unspecified atom stereocenters. The van der Waals surface area contributed by atoms with Gasteiger partial charge in [0.05, 0.1) is 32.6 Å². The van der Waals surface area contributed by atoms with E-state index in [4.69, 9.17) is 14.2 Å². The average molecular weight is 435 g/mol. The summed E-state index contributed by atoms with van der Waals surface area (Å²) >= 11 is 0. The molecule has 0 bridgehead atoms. The zero-order valence-electron chi connectivity index (χ0n) is 18.2. The van der Waals surface area contributed by atoms with Crippen molar-refractivity contribution >= 4 is 23.2 Å². The summed E-state index contributed by atoms with van der Waals surface area (Å²) in [4.78, 5) is 28.7. The molecule has 8 nitrogen and oxygen atoms in total. The number of pyridine rings is 1. The van der Waals surface area contributed by atoms with Gasteiger partial charge in [0, 0.05) is 30.6 Å². The Morgan fingerprint density at radius 1 is 0.875 bits per heavy atom. The molecule has 1 heterocycles. The molecule has 0 atom stereocenters. The van der Waals surface area contributed by atoms with Crippen LogP contribution in [0.15, 0.2) is 60.9 Å². The number of nitrogens with zero attached hydrogens (tertiary/aromatic N) is 1. The number of amides is 2. The number of aryl methyl sites for hydroxylation is 1. The molecule has 3 aromatic rings. The Kier molecular flexibility index (Phi) is 7.64. The predicted octanol–water partition coefficient (Wildman–Crippen LogP) is 3.93. The van der Waals surface area contributed by atoms with Gasteiger partial charge in [-0.25, -0.2) is 0 Å². The third-order valence-electron chi connectivity index (χ3n) is 4.75. The minimum Gasteiger partial charge on any atom is -0.494 e. The molecule has 2 N–H and O–H groups in total. The molecule has 1 aromatic heterocycles. The van der Waals surface area contributed by atoms with E-state index in [1.54, 1.807) is 50.7 Å². The van der Waals surface area contributed by atoms with Gasteiger partial charge < -0.3 is 24.8 Å². The number of rotatable bonds is 9. The first-order valence-corrected chi connectivity index (χ1v) is 9.94. The molecule has 0 saturated carbocycles. The molecule has 0 radical (unpaired) electrons. The largest absolute Gasteiger partial charge is 0.494 e. The maximum Gasteiger partial charge on any atom is 0.257 e. The van der Waals surface area contributed by atoms with Gasteiger partial charge in [0.25, 0.3) is 5.91 Å². The highest BCUT2D eigenvalue weighted by Gasteiger charge is 2.12. The highest BCUT2D eigenvalue weighted by Crippen LogP contribution is 2.29. The van der Waals surface area contributed by atoms with E-state index in [0.717, 1.165) is 5.56 Å². The van der Waals surface area contributed by atoms with Crippen LogP contribution in [0.4, 0.5) is 11.4 Å². The molecule has 0 aliphatic rings. The third kappa shape index (κ3) is 5.75. The lowest BCUT2D eigenvalue weighted by Gasteiger charge is -2.13. The predicted molar refractivity (Wildman–Crippen MR) is 122 cm³/mol. The van der Waals surface area contributed by atoms with E-state index in [1.807, 2.05) is 18.2 Å². The maximum absolute atomic E-state index is 12.4. The highest BCUT2D eigenvalue weighted by atomic mass is 16.5. The van der Waals surface area contributed by atoms with E-state index in [-0.39, 0.29) is 18.2 Å². The standard InChI is InChI=1S/C24H25N3O5/c1-30-20-10-6-16(13-22(20)32-3)7-11-23(28)26-18-8-9-19(21(14-18)31-2)27-24(29)17-5-4-12-25-15-17/h4-6,8-10,12-15H,7,11H2,1-3H3,(H,26,28)(H,27,29). The minimum atomic E-state index is -0.303. The highest BCUT2D eigenvalue weighted by molar-refractivity contribution is 6.05. The van der Waals surface area contributed by atoms with Crippen molar-refractivity contribution in [3.05, 3.63) is 72.1 Å². The van der Waals surface area contributed by atoms with Crippen LogP contribution in [0.2, 0.25) is 0 Å². The molecular weight excluding hydrogens is 410 g/mol. The Morgan fingerprint density at radius 2 is 1.66 bits per heavy atom. The Labute approximate surface area is 186 Å². The SMILES string of the molecule is COc1cc(NC(=O)CCc2ccc(OC)c(OC)c2)ccc1NC(=O)c1cccnc1. The van der Waals surface area contributed by atoms with E-state index >= 15 is 0 Å². The number of carbonyl (C=O) groups is 2. The summed E-state index contributed by atoms with van der Waals surface area (Å²) in [6.45, 7) is 0. The lowest BCUT2D eigenvalue weighted by Crippen LogP contribution is -2.14. The van der Waals surface area contributed by atoms with E-state index < -0.39 is 0 Å². The first-order valence-electron chi connectivity index (χ1n) is 9.94. The van der Waals surface area contributed by atoms with E-state index in [9.17, 15) is 9.59 Å². The van der Waals surface area contributed by atoms with Gasteiger partial charge in [0.1, 0.15) is 5.75 Å². The van der Waals surface area contributed by atoms with Crippen molar-refractivity contribution in [3.8, 4) is 17.2 Å². The molecule has 0 aliphatic heterocycles. The van der Waals surface area contributed by atoms with Gasteiger partial charge in [-0.15, -0.1) is 0 Å². The van der Waals surface area contributed by atoms with Crippen molar-refractivity contribution in [2.75, 3.05) is 32.0 Å². The molecule has 0 fully saturated rings. The summed E-state index contributed by atoms with van der Waals surface area (Å²) < 4.78 is 15.9. The van der Waals surface area contributed by atoms with Crippen LogP contribution < -0.4 is 24.8 Å². The number of carbonyl (C=O) groups excluding carboxylic acids is 2. The fourth-order valence-electron chi connectivity index (χ4n) is 3.08. The number of hydrogen-bond acceptors (Lipinski definition) is 6. The fourth-order valence-corrected chi connectivity index (χ4v) is 3.08. The summed E-state index contributed by atoms with van der Waals surface area (Å²) in [5.41, 5.74) is 2.45. The van der Waals surface area contributed by atoms with Crippen LogP contribution in [-0.4, -0.2) is 38.1 Å². The maximum atomic E-state index is 12.4. The molecule has 2 amide bonds. The molecule has 32 heavy (non-hydrogen) atoms. The molecule has 2 aromatic carbocycles. The second-order valence-corrected chi connectivity index (χ2v) is 6.85. The van der Waals surface area contributed by atoms with Gasteiger partial charge >= 0.3 is 0 Å². The lowest BCUT2D eigenvalue weighted by molar-refractivity contribution is -0.116. The monoisotopic (exact) mass is 435 g/mol. The Bertz CT molecular complexity index is 1090. The molecule has 8 heteroatoms. The quantitative estimate of drug-likeness (QED) is 0.528. The van der Waals surface area contributed by atoms with Gasteiger partial charge in [-0.2, -0.15) is 0 Å².